The maximum absolute atomic E-state index is 12.5. The number of carbonyl (C=O) groups excluding carboxylic acids is 2. The first-order valence-corrected chi connectivity index (χ1v) is 8.41. The minimum atomic E-state index is -0.878. The predicted octanol–water partition coefficient (Wildman–Crippen LogP) is 1.03. The van der Waals surface area contributed by atoms with E-state index < -0.39 is 11.9 Å². The van der Waals surface area contributed by atoms with Gasteiger partial charge in [0.05, 0.1) is 29.8 Å². The van der Waals surface area contributed by atoms with E-state index in [4.69, 9.17) is 5.11 Å². The minimum absolute atomic E-state index is 0.0775. The van der Waals surface area contributed by atoms with E-state index in [-0.39, 0.29) is 30.4 Å². The van der Waals surface area contributed by atoms with Gasteiger partial charge in [-0.25, -0.2) is 0 Å². The first kappa shape index (κ1) is 19.0. The van der Waals surface area contributed by atoms with Crippen molar-refractivity contribution in [2.45, 2.75) is 39.2 Å². The van der Waals surface area contributed by atoms with Crippen molar-refractivity contribution in [3.63, 3.8) is 0 Å². The van der Waals surface area contributed by atoms with E-state index >= 15 is 0 Å². The van der Waals surface area contributed by atoms with Gasteiger partial charge in [0, 0.05) is 26.3 Å². The Morgan fingerprint density at radius 2 is 2.04 bits per heavy atom. The van der Waals surface area contributed by atoms with Gasteiger partial charge in [-0.3, -0.25) is 19.1 Å². The highest BCUT2D eigenvalue weighted by Crippen LogP contribution is 2.17. The molecule has 8 heteroatoms. The first-order valence-electron chi connectivity index (χ1n) is 8.41. The first-order chi connectivity index (χ1) is 11.6. The second-order valence-corrected chi connectivity index (χ2v) is 7.52. The number of likely N-dealkylation sites (tertiary alicyclic amines) is 1. The van der Waals surface area contributed by atoms with Gasteiger partial charge in [0.1, 0.15) is 0 Å². The normalized spacial score (nSPS) is 18.1. The van der Waals surface area contributed by atoms with Crippen molar-refractivity contribution in [2.75, 3.05) is 26.7 Å². The molecule has 0 aliphatic carbocycles. The molecule has 1 aromatic rings. The summed E-state index contributed by atoms with van der Waals surface area (Å²) in [6, 6.07) is 0. The van der Waals surface area contributed by atoms with Crippen molar-refractivity contribution in [1.82, 2.24) is 19.6 Å². The fraction of sp³-hybridized carbons (Fsp3) is 0.647. The molecular formula is C17H26N4O4. The number of likely N-dealkylation sites (N-methyl/N-ethyl adjacent to an activating group) is 1. The Balaban J connectivity index is 1.97. The number of hydrogen-bond acceptors (Lipinski definition) is 4. The van der Waals surface area contributed by atoms with Crippen LogP contribution in [0, 0.1) is 5.92 Å². The van der Waals surface area contributed by atoms with E-state index in [9.17, 15) is 14.4 Å². The number of hydrogen-bond donors (Lipinski definition) is 1. The van der Waals surface area contributed by atoms with Crippen LogP contribution in [0.2, 0.25) is 0 Å². The molecule has 1 unspecified atom stereocenters. The lowest BCUT2D eigenvalue weighted by Crippen LogP contribution is -2.46. The van der Waals surface area contributed by atoms with Crippen LogP contribution in [-0.2, 0) is 15.1 Å². The second kappa shape index (κ2) is 7.25. The van der Waals surface area contributed by atoms with E-state index in [1.165, 1.54) is 16.0 Å². The Kier molecular flexibility index (Phi) is 5.49. The van der Waals surface area contributed by atoms with Gasteiger partial charge in [0.25, 0.3) is 5.91 Å². The Bertz CT molecular complexity index is 662. The van der Waals surface area contributed by atoms with Crippen LogP contribution in [0.1, 0.15) is 44.0 Å². The maximum atomic E-state index is 12.5. The average Bonchev–Trinajstić information content (AvgIpc) is 3.04. The summed E-state index contributed by atoms with van der Waals surface area (Å²) in [5.41, 5.74) is 0.194. The van der Waals surface area contributed by atoms with Crippen molar-refractivity contribution >= 4 is 17.8 Å². The zero-order chi connectivity index (χ0) is 18.8. The van der Waals surface area contributed by atoms with Crippen LogP contribution in [0.5, 0.6) is 0 Å². The third-order valence-electron chi connectivity index (χ3n) is 4.36. The number of carboxylic acids is 1. The van der Waals surface area contributed by atoms with Crippen molar-refractivity contribution < 1.29 is 19.5 Å². The standard InChI is InChI=1S/C17H26N4O4/c1-17(2,3)21-10-13(8-18-21)15(23)19(4)11-14(22)20-7-5-6-12(9-20)16(24)25/h8,10,12H,5-7,9,11H2,1-4H3,(H,24,25). The summed E-state index contributed by atoms with van der Waals surface area (Å²) in [5, 5.41) is 13.3. The lowest BCUT2D eigenvalue weighted by atomic mass is 9.98. The van der Waals surface area contributed by atoms with Gasteiger partial charge in [-0.2, -0.15) is 5.10 Å². The molecule has 138 valence electrons. The summed E-state index contributed by atoms with van der Waals surface area (Å²) in [5.74, 6) is -1.92. The molecule has 0 saturated carbocycles. The molecule has 1 aromatic heterocycles. The highest BCUT2D eigenvalue weighted by molar-refractivity contribution is 5.96. The number of aromatic nitrogens is 2. The number of carboxylic acid groups (broad SMARTS) is 1. The molecular weight excluding hydrogens is 324 g/mol. The zero-order valence-corrected chi connectivity index (χ0v) is 15.2. The molecule has 1 aliphatic heterocycles. The lowest BCUT2D eigenvalue weighted by Gasteiger charge is -2.32. The fourth-order valence-electron chi connectivity index (χ4n) is 2.80. The number of nitrogens with zero attached hydrogens (tertiary/aromatic N) is 4. The monoisotopic (exact) mass is 350 g/mol. The van der Waals surface area contributed by atoms with E-state index in [0.29, 0.717) is 24.9 Å². The molecule has 25 heavy (non-hydrogen) atoms. The Morgan fingerprint density at radius 1 is 1.36 bits per heavy atom. The van der Waals surface area contributed by atoms with Crippen LogP contribution in [0.4, 0.5) is 0 Å². The maximum Gasteiger partial charge on any atom is 0.308 e. The molecule has 0 bridgehead atoms. The van der Waals surface area contributed by atoms with Crippen LogP contribution in [0.15, 0.2) is 12.4 Å². The minimum Gasteiger partial charge on any atom is -0.481 e. The zero-order valence-electron chi connectivity index (χ0n) is 15.2. The van der Waals surface area contributed by atoms with Crippen LogP contribution in [0.25, 0.3) is 0 Å². The van der Waals surface area contributed by atoms with Crippen molar-refractivity contribution in [3.8, 4) is 0 Å². The summed E-state index contributed by atoms with van der Waals surface area (Å²) in [6.07, 6.45) is 4.42. The van der Waals surface area contributed by atoms with Crippen molar-refractivity contribution in [2.24, 2.45) is 5.92 Å². The van der Waals surface area contributed by atoms with E-state index in [0.717, 1.165) is 0 Å². The van der Waals surface area contributed by atoms with Crippen molar-refractivity contribution in [1.29, 1.82) is 0 Å². The quantitative estimate of drug-likeness (QED) is 0.875. The molecule has 1 N–H and O–H groups in total. The van der Waals surface area contributed by atoms with E-state index in [2.05, 4.69) is 5.10 Å². The van der Waals surface area contributed by atoms with Gasteiger partial charge >= 0.3 is 5.97 Å². The summed E-state index contributed by atoms with van der Waals surface area (Å²) >= 11 is 0. The topological polar surface area (TPSA) is 95.7 Å². The van der Waals surface area contributed by atoms with Gasteiger partial charge in [-0.1, -0.05) is 0 Å². The third-order valence-corrected chi connectivity index (χ3v) is 4.36. The van der Waals surface area contributed by atoms with E-state index in [1.807, 2.05) is 20.8 Å². The summed E-state index contributed by atoms with van der Waals surface area (Å²) in [4.78, 5) is 38.9. The van der Waals surface area contributed by atoms with Crippen LogP contribution in [0.3, 0.4) is 0 Å². The molecule has 2 amide bonds. The molecule has 1 aliphatic rings. The highest BCUT2D eigenvalue weighted by Gasteiger charge is 2.29. The number of carbonyl (C=O) groups is 3. The molecule has 8 nitrogen and oxygen atoms in total. The second-order valence-electron chi connectivity index (χ2n) is 7.52. The van der Waals surface area contributed by atoms with Gasteiger partial charge in [-0.05, 0) is 33.6 Å². The number of rotatable bonds is 4. The Hall–Kier alpha value is -2.38. The summed E-state index contributed by atoms with van der Waals surface area (Å²) in [7, 11) is 1.56. The highest BCUT2D eigenvalue weighted by atomic mass is 16.4. The molecule has 1 saturated heterocycles. The van der Waals surface area contributed by atoms with Gasteiger partial charge in [0.15, 0.2) is 0 Å². The average molecular weight is 350 g/mol. The van der Waals surface area contributed by atoms with Gasteiger partial charge < -0.3 is 14.9 Å². The molecule has 1 fully saturated rings. The fourth-order valence-corrected chi connectivity index (χ4v) is 2.80. The predicted molar refractivity (Wildman–Crippen MR) is 91.1 cm³/mol. The molecule has 0 radical (unpaired) electrons. The van der Waals surface area contributed by atoms with Crippen LogP contribution in [-0.4, -0.2) is 69.2 Å². The van der Waals surface area contributed by atoms with Crippen molar-refractivity contribution in [3.05, 3.63) is 18.0 Å². The largest absolute Gasteiger partial charge is 0.481 e. The molecule has 0 aromatic carbocycles. The SMILES string of the molecule is CN(CC(=O)N1CCCC(C(=O)O)C1)C(=O)c1cnn(C(C)(C)C)c1. The molecule has 0 spiro atoms. The smallest absolute Gasteiger partial charge is 0.308 e. The summed E-state index contributed by atoms with van der Waals surface area (Å²) < 4.78 is 1.71. The van der Waals surface area contributed by atoms with Gasteiger partial charge in [-0.15, -0.1) is 0 Å². The number of amides is 2. The summed E-state index contributed by atoms with van der Waals surface area (Å²) in [6.45, 7) is 6.61. The third kappa shape index (κ3) is 4.58. The Morgan fingerprint density at radius 3 is 2.60 bits per heavy atom. The molecule has 2 heterocycles. The van der Waals surface area contributed by atoms with Crippen LogP contribution < -0.4 is 0 Å². The lowest BCUT2D eigenvalue weighted by molar-refractivity contribution is -0.145. The van der Waals surface area contributed by atoms with Gasteiger partial charge in [0.2, 0.25) is 5.91 Å². The molecule has 1 atom stereocenters. The van der Waals surface area contributed by atoms with Crippen LogP contribution >= 0.6 is 0 Å². The number of piperidine rings is 1. The van der Waals surface area contributed by atoms with E-state index in [1.54, 1.807) is 17.9 Å². The number of aliphatic carboxylic acids is 1. The Labute approximate surface area is 147 Å². The molecule has 2 rings (SSSR count).